The average Bonchev–Trinajstić information content (AvgIpc) is 2.71. The fourth-order valence-electron chi connectivity index (χ4n) is 3.28. The van der Waals surface area contributed by atoms with Crippen LogP contribution in [-0.2, 0) is 11.2 Å². The molecule has 1 heterocycles. The number of nitrogens with zero attached hydrogens (tertiary/aromatic N) is 2. The van der Waals surface area contributed by atoms with Gasteiger partial charge >= 0.3 is 0 Å². The summed E-state index contributed by atoms with van der Waals surface area (Å²) in [5.74, 6) is 2.67. The molecule has 1 fully saturated rings. The van der Waals surface area contributed by atoms with Crippen LogP contribution in [0.25, 0.3) is 11.4 Å². The van der Waals surface area contributed by atoms with E-state index in [1.165, 1.54) is 19.3 Å². The molecule has 0 bridgehead atoms. The van der Waals surface area contributed by atoms with Gasteiger partial charge in [0.1, 0.15) is 5.69 Å². The fraction of sp³-hybridized carbons (Fsp3) is 0.565. The zero-order valence-electron chi connectivity index (χ0n) is 18.6. The van der Waals surface area contributed by atoms with Crippen LogP contribution in [-0.4, -0.2) is 41.3 Å². The van der Waals surface area contributed by atoms with E-state index < -0.39 is 0 Å². The van der Waals surface area contributed by atoms with E-state index in [-0.39, 0.29) is 30.0 Å². The molecule has 0 radical (unpaired) electrons. The summed E-state index contributed by atoms with van der Waals surface area (Å²) in [7, 11) is 1.58. The quantitative estimate of drug-likeness (QED) is 0.570. The van der Waals surface area contributed by atoms with E-state index in [1.807, 2.05) is 12.1 Å². The van der Waals surface area contributed by atoms with Crippen molar-refractivity contribution in [3.63, 3.8) is 0 Å². The Morgan fingerprint density at radius 3 is 2.71 bits per heavy atom. The van der Waals surface area contributed by atoms with E-state index in [2.05, 4.69) is 34.3 Å². The number of carbonyl (C=O) groups is 1. The van der Waals surface area contributed by atoms with Crippen LogP contribution in [0.15, 0.2) is 23.0 Å². The SMILES string of the molecule is COc1cc(-c2nnc(CCC(=O)NCCC(C)C)c(=O)[nH]2)ccc1OCC1CCC1. The lowest BCUT2D eigenvalue weighted by molar-refractivity contribution is -0.121. The Morgan fingerprint density at radius 1 is 1.26 bits per heavy atom. The average molecular weight is 429 g/mol. The van der Waals surface area contributed by atoms with Gasteiger partial charge in [-0.3, -0.25) is 9.59 Å². The Morgan fingerprint density at radius 2 is 2.06 bits per heavy atom. The van der Waals surface area contributed by atoms with Crippen molar-refractivity contribution in [2.45, 2.75) is 52.4 Å². The van der Waals surface area contributed by atoms with Crippen molar-refractivity contribution in [2.24, 2.45) is 11.8 Å². The van der Waals surface area contributed by atoms with Crippen molar-refractivity contribution < 1.29 is 14.3 Å². The third kappa shape index (κ3) is 6.54. The third-order valence-corrected chi connectivity index (χ3v) is 5.53. The van der Waals surface area contributed by atoms with Crippen LogP contribution >= 0.6 is 0 Å². The third-order valence-electron chi connectivity index (χ3n) is 5.53. The van der Waals surface area contributed by atoms with E-state index in [0.717, 1.165) is 6.42 Å². The van der Waals surface area contributed by atoms with Crippen molar-refractivity contribution in [1.82, 2.24) is 20.5 Å². The lowest BCUT2D eigenvalue weighted by Gasteiger charge is -2.25. The highest BCUT2D eigenvalue weighted by Gasteiger charge is 2.19. The number of nitrogens with one attached hydrogen (secondary N) is 2. The molecule has 8 heteroatoms. The molecule has 0 spiro atoms. The maximum absolute atomic E-state index is 12.4. The lowest BCUT2D eigenvalue weighted by Crippen LogP contribution is -2.27. The van der Waals surface area contributed by atoms with Crippen LogP contribution in [0.5, 0.6) is 11.5 Å². The maximum atomic E-state index is 12.4. The predicted octanol–water partition coefficient (Wildman–Crippen LogP) is 3.11. The maximum Gasteiger partial charge on any atom is 0.273 e. The van der Waals surface area contributed by atoms with Gasteiger partial charge in [-0.1, -0.05) is 20.3 Å². The molecule has 168 valence electrons. The Balaban J connectivity index is 1.60. The lowest BCUT2D eigenvalue weighted by atomic mass is 9.86. The topological polar surface area (TPSA) is 106 Å². The monoisotopic (exact) mass is 428 g/mol. The second kappa shape index (κ2) is 10.9. The zero-order chi connectivity index (χ0) is 22.2. The number of aromatic amines is 1. The highest BCUT2D eigenvalue weighted by atomic mass is 16.5. The number of benzene rings is 1. The number of rotatable bonds is 11. The number of amides is 1. The van der Waals surface area contributed by atoms with Crippen molar-refractivity contribution in [2.75, 3.05) is 20.3 Å². The molecule has 0 aliphatic heterocycles. The number of H-pyrrole nitrogens is 1. The summed E-state index contributed by atoms with van der Waals surface area (Å²) in [5.41, 5.74) is 0.579. The van der Waals surface area contributed by atoms with Crippen LogP contribution in [0, 0.1) is 11.8 Å². The van der Waals surface area contributed by atoms with Gasteiger partial charge in [0.25, 0.3) is 5.56 Å². The number of aromatic nitrogens is 3. The van der Waals surface area contributed by atoms with Crippen LogP contribution < -0.4 is 20.3 Å². The van der Waals surface area contributed by atoms with Gasteiger partial charge in [0.2, 0.25) is 5.91 Å². The minimum Gasteiger partial charge on any atom is -0.493 e. The fourth-order valence-corrected chi connectivity index (χ4v) is 3.28. The standard InChI is InChI=1S/C23H32N4O4/c1-15(2)11-12-24-21(28)10-8-18-23(29)25-22(27-26-18)17-7-9-19(20(13-17)30-3)31-14-16-5-4-6-16/h7,9,13,15-16H,4-6,8,10-12,14H2,1-3H3,(H,24,28)(H,25,27,29). The molecular formula is C23H32N4O4. The first kappa shape index (κ1) is 22.8. The van der Waals surface area contributed by atoms with Gasteiger partial charge in [0.05, 0.1) is 13.7 Å². The number of hydrogen-bond donors (Lipinski definition) is 2. The number of aryl methyl sites for hydroxylation is 1. The van der Waals surface area contributed by atoms with Crippen molar-refractivity contribution >= 4 is 5.91 Å². The zero-order valence-corrected chi connectivity index (χ0v) is 18.6. The Labute approximate surface area is 182 Å². The van der Waals surface area contributed by atoms with E-state index >= 15 is 0 Å². The highest BCUT2D eigenvalue weighted by Crippen LogP contribution is 2.33. The minimum absolute atomic E-state index is 0.0897. The molecule has 1 aromatic heterocycles. The van der Waals surface area contributed by atoms with Crippen LogP contribution in [0.4, 0.5) is 0 Å². The van der Waals surface area contributed by atoms with Gasteiger partial charge in [-0.15, -0.1) is 10.2 Å². The van der Waals surface area contributed by atoms with E-state index in [4.69, 9.17) is 9.47 Å². The Kier molecular flexibility index (Phi) is 8.03. The molecule has 1 saturated carbocycles. The Hall–Kier alpha value is -2.90. The predicted molar refractivity (Wildman–Crippen MR) is 118 cm³/mol. The van der Waals surface area contributed by atoms with E-state index in [0.29, 0.717) is 47.9 Å². The number of carbonyl (C=O) groups excluding carboxylic acids is 1. The summed E-state index contributed by atoms with van der Waals surface area (Å²) in [6.07, 6.45) is 5.07. The molecular weight excluding hydrogens is 396 g/mol. The van der Waals surface area contributed by atoms with Crippen LogP contribution in [0.3, 0.4) is 0 Å². The first-order valence-corrected chi connectivity index (χ1v) is 11.0. The minimum atomic E-state index is -0.343. The molecule has 2 aromatic rings. The molecule has 0 atom stereocenters. The molecule has 1 aromatic carbocycles. The molecule has 1 amide bonds. The van der Waals surface area contributed by atoms with E-state index in [9.17, 15) is 9.59 Å². The molecule has 0 unspecified atom stereocenters. The van der Waals surface area contributed by atoms with Gasteiger partial charge in [-0.05, 0) is 49.3 Å². The number of ether oxygens (including phenoxy) is 2. The van der Waals surface area contributed by atoms with Crippen LogP contribution in [0.1, 0.15) is 51.6 Å². The molecule has 1 aliphatic rings. The van der Waals surface area contributed by atoms with Gasteiger partial charge in [0, 0.05) is 24.9 Å². The summed E-state index contributed by atoms with van der Waals surface area (Å²) in [6, 6.07) is 5.42. The molecule has 31 heavy (non-hydrogen) atoms. The Bertz CT molecular complexity index is 937. The van der Waals surface area contributed by atoms with Gasteiger partial charge in [-0.25, -0.2) is 0 Å². The molecule has 3 rings (SSSR count). The van der Waals surface area contributed by atoms with Gasteiger partial charge in [0.15, 0.2) is 17.3 Å². The normalized spacial score (nSPS) is 13.7. The summed E-state index contributed by atoms with van der Waals surface area (Å²) in [4.78, 5) is 27.1. The molecule has 0 saturated heterocycles. The first-order valence-electron chi connectivity index (χ1n) is 11.0. The molecule has 8 nitrogen and oxygen atoms in total. The van der Waals surface area contributed by atoms with E-state index in [1.54, 1.807) is 13.2 Å². The second-order valence-corrected chi connectivity index (χ2v) is 8.46. The van der Waals surface area contributed by atoms with Gasteiger partial charge in [-0.2, -0.15) is 0 Å². The highest BCUT2D eigenvalue weighted by molar-refractivity contribution is 5.76. The van der Waals surface area contributed by atoms with Crippen molar-refractivity contribution in [3.8, 4) is 22.9 Å². The molecule has 2 N–H and O–H groups in total. The molecule has 1 aliphatic carbocycles. The van der Waals surface area contributed by atoms with Crippen molar-refractivity contribution in [1.29, 1.82) is 0 Å². The largest absolute Gasteiger partial charge is 0.493 e. The van der Waals surface area contributed by atoms with Crippen molar-refractivity contribution in [3.05, 3.63) is 34.2 Å². The summed E-state index contributed by atoms with van der Waals surface area (Å²) in [5, 5.41) is 11.0. The first-order chi connectivity index (χ1) is 15.0. The number of methoxy groups -OCH3 is 1. The second-order valence-electron chi connectivity index (χ2n) is 8.46. The number of hydrogen-bond acceptors (Lipinski definition) is 6. The summed E-state index contributed by atoms with van der Waals surface area (Å²) < 4.78 is 11.3. The summed E-state index contributed by atoms with van der Waals surface area (Å²) in [6.45, 7) is 5.54. The van der Waals surface area contributed by atoms with Gasteiger partial charge < -0.3 is 19.8 Å². The smallest absolute Gasteiger partial charge is 0.273 e. The summed E-state index contributed by atoms with van der Waals surface area (Å²) >= 11 is 0. The van der Waals surface area contributed by atoms with Crippen LogP contribution in [0.2, 0.25) is 0 Å².